The second-order valence-corrected chi connectivity index (χ2v) is 7.85. The Morgan fingerprint density at radius 3 is 3.10 bits per heavy atom. The fourth-order valence-electron chi connectivity index (χ4n) is 3.37. The van der Waals surface area contributed by atoms with Gasteiger partial charge in [0.1, 0.15) is 11.3 Å². The number of nitrogens with zero attached hydrogens (tertiary/aromatic N) is 5. The fourth-order valence-corrected chi connectivity index (χ4v) is 4.37. The number of H-pyrrole nitrogens is 1. The number of amides is 1. The maximum atomic E-state index is 12.8. The van der Waals surface area contributed by atoms with Gasteiger partial charge in [-0.3, -0.25) is 14.8 Å². The van der Waals surface area contributed by atoms with Gasteiger partial charge in [0.25, 0.3) is 5.91 Å². The summed E-state index contributed by atoms with van der Waals surface area (Å²) in [4.78, 5) is 28.9. The Hall–Kier alpha value is -3.57. The zero-order valence-electron chi connectivity index (χ0n) is 16.7. The normalized spacial score (nSPS) is 13.9. The lowest BCUT2D eigenvalue weighted by Gasteiger charge is -2.14. The smallest absolute Gasteiger partial charge is 0.260 e. The predicted molar refractivity (Wildman–Crippen MR) is 115 cm³/mol. The molecule has 31 heavy (non-hydrogen) atoms. The number of fused-ring (bicyclic) bond motifs is 1. The summed E-state index contributed by atoms with van der Waals surface area (Å²) in [6, 6.07) is 0. The highest BCUT2D eigenvalue weighted by Crippen LogP contribution is 2.37. The lowest BCUT2D eigenvalue weighted by Crippen LogP contribution is -2.11. The van der Waals surface area contributed by atoms with E-state index in [2.05, 4.69) is 36.4 Å². The molecule has 0 atom stereocenters. The van der Waals surface area contributed by atoms with Gasteiger partial charge in [-0.1, -0.05) is 17.4 Å². The first-order valence-electron chi connectivity index (χ1n) is 9.64. The van der Waals surface area contributed by atoms with Crippen LogP contribution in [0.4, 0.5) is 5.13 Å². The molecule has 0 spiro atoms. The Labute approximate surface area is 181 Å². The highest BCUT2D eigenvalue weighted by molar-refractivity contribution is 7.22. The van der Waals surface area contributed by atoms with Gasteiger partial charge in [0.15, 0.2) is 5.13 Å². The molecule has 0 aliphatic carbocycles. The fraction of sp³-hybridized carbons (Fsp3) is 0.250. The number of methoxy groups -OCH3 is 1. The minimum Gasteiger partial charge on any atom is -0.479 e. The Kier molecular flexibility index (Phi) is 5.18. The van der Waals surface area contributed by atoms with E-state index < -0.39 is 0 Å². The van der Waals surface area contributed by atoms with Gasteiger partial charge in [-0.05, 0) is 12.0 Å². The number of carbonyl (C=O) groups is 1. The van der Waals surface area contributed by atoms with Crippen LogP contribution in [0.1, 0.15) is 28.2 Å². The molecule has 158 valence electrons. The number of anilines is 1. The minimum absolute atomic E-state index is 0.288. The van der Waals surface area contributed by atoms with Crippen LogP contribution in [0.2, 0.25) is 0 Å². The molecule has 5 heterocycles. The predicted octanol–water partition coefficient (Wildman–Crippen LogP) is 2.72. The third-order valence-corrected chi connectivity index (χ3v) is 5.87. The van der Waals surface area contributed by atoms with Crippen molar-refractivity contribution in [2.45, 2.75) is 13.0 Å². The second-order valence-electron chi connectivity index (χ2n) is 6.85. The van der Waals surface area contributed by atoms with Gasteiger partial charge in [0.05, 0.1) is 43.3 Å². The molecule has 11 heteroatoms. The number of aromatic nitrogens is 6. The number of pyridine rings is 1. The van der Waals surface area contributed by atoms with Gasteiger partial charge in [0, 0.05) is 30.4 Å². The summed E-state index contributed by atoms with van der Waals surface area (Å²) in [6.45, 7) is 1.70. The molecule has 0 aromatic carbocycles. The summed E-state index contributed by atoms with van der Waals surface area (Å²) in [7, 11) is 1.56. The van der Waals surface area contributed by atoms with Crippen LogP contribution in [-0.4, -0.2) is 55.9 Å². The molecule has 0 unspecified atom stereocenters. The van der Waals surface area contributed by atoms with Crippen LogP contribution >= 0.6 is 11.3 Å². The van der Waals surface area contributed by atoms with Gasteiger partial charge in [-0.25, -0.2) is 15.0 Å². The van der Waals surface area contributed by atoms with Crippen molar-refractivity contribution in [2.24, 2.45) is 0 Å². The monoisotopic (exact) mass is 437 g/mol. The molecule has 1 aliphatic heterocycles. The molecule has 0 bridgehead atoms. The first-order chi connectivity index (χ1) is 15.2. The topological polar surface area (TPSA) is 120 Å². The molecule has 0 radical (unpaired) electrons. The molecule has 5 rings (SSSR count). The summed E-state index contributed by atoms with van der Waals surface area (Å²) >= 11 is 1.39. The van der Waals surface area contributed by atoms with Crippen LogP contribution in [0.15, 0.2) is 37.1 Å². The van der Waals surface area contributed by atoms with Gasteiger partial charge < -0.3 is 14.5 Å². The van der Waals surface area contributed by atoms with Gasteiger partial charge in [0.2, 0.25) is 5.88 Å². The Balaban J connectivity index is 1.41. The van der Waals surface area contributed by atoms with Crippen LogP contribution in [0.5, 0.6) is 5.88 Å². The largest absolute Gasteiger partial charge is 0.479 e. The van der Waals surface area contributed by atoms with Crippen molar-refractivity contribution in [1.29, 1.82) is 0 Å². The van der Waals surface area contributed by atoms with E-state index in [0.717, 1.165) is 28.1 Å². The van der Waals surface area contributed by atoms with Crippen molar-refractivity contribution < 1.29 is 14.3 Å². The number of imidazole rings is 1. The summed E-state index contributed by atoms with van der Waals surface area (Å²) in [5, 5.41) is 7.57. The average molecular weight is 437 g/mol. The number of ether oxygens (including phenoxy) is 2. The number of nitrogens with one attached hydrogen (secondary N) is 2. The van der Waals surface area contributed by atoms with Crippen molar-refractivity contribution in [2.75, 3.05) is 25.6 Å². The van der Waals surface area contributed by atoms with E-state index in [9.17, 15) is 4.79 Å². The molecule has 2 N–H and O–H groups in total. The second kappa shape index (κ2) is 8.28. The number of aromatic amines is 1. The van der Waals surface area contributed by atoms with E-state index in [4.69, 9.17) is 9.47 Å². The minimum atomic E-state index is -0.288. The summed E-state index contributed by atoms with van der Waals surface area (Å²) in [5.41, 5.74) is 3.21. The lowest BCUT2D eigenvalue weighted by molar-refractivity contribution is 0.102. The molecule has 4 aromatic heterocycles. The standard InChI is InChI=1S/C20H19N7O3S/c1-29-19-16-17(14(9-23-19)12-2-6-30-7-3-12)31-20(25-16)26-18(28)13-8-24-27(10-13)11-15-21-4-5-22-15/h2,4-5,8-10H,3,6-7,11H2,1H3,(H,21,22)(H,25,26,28). The third-order valence-electron chi connectivity index (χ3n) is 4.87. The maximum Gasteiger partial charge on any atom is 0.260 e. The molecule has 0 saturated carbocycles. The van der Waals surface area contributed by atoms with Crippen molar-refractivity contribution >= 4 is 38.2 Å². The van der Waals surface area contributed by atoms with E-state index in [1.165, 1.54) is 17.5 Å². The van der Waals surface area contributed by atoms with Crippen molar-refractivity contribution in [3.8, 4) is 5.88 Å². The van der Waals surface area contributed by atoms with E-state index in [1.54, 1.807) is 36.6 Å². The van der Waals surface area contributed by atoms with E-state index in [-0.39, 0.29) is 5.91 Å². The van der Waals surface area contributed by atoms with Gasteiger partial charge in [-0.2, -0.15) is 5.10 Å². The van der Waals surface area contributed by atoms with E-state index in [1.807, 2.05) is 0 Å². The molecule has 0 saturated heterocycles. The van der Waals surface area contributed by atoms with Crippen LogP contribution in [-0.2, 0) is 11.3 Å². The molecule has 10 nitrogen and oxygen atoms in total. The molecule has 0 fully saturated rings. The summed E-state index contributed by atoms with van der Waals surface area (Å²) < 4.78 is 13.4. The maximum absolute atomic E-state index is 12.8. The lowest BCUT2D eigenvalue weighted by atomic mass is 10.0. The summed E-state index contributed by atoms with van der Waals surface area (Å²) in [5.74, 6) is 0.897. The number of carbonyl (C=O) groups excluding carboxylic acids is 1. The van der Waals surface area contributed by atoms with Crippen molar-refractivity contribution in [1.82, 2.24) is 29.7 Å². The molecule has 1 aliphatic rings. The SMILES string of the molecule is COc1ncc(C2=CCOCC2)c2sc(NC(=O)c3cnn(Cc4ncc[nH]4)c3)nc12. The van der Waals surface area contributed by atoms with Gasteiger partial charge >= 0.3 is 0 Å². The molecular weight excluding hydrogens is 418 g/mol. The first kappa shape index (κ1) is 19.4. The van der Waals surface area contributed by atoms with Crippen LogP contribution < -0.4 is 10.1 Å². The first-order valence-corrected chi connectivity index (χ1v) is 10.5. The third kappa shape index (κ3) is 3.92. The van der Waals surface area contributed by atoms with Crippen LogP contribution in [0, 0.1) is 0 Å². The Morgan fingerprint density at radius 1 is 1.39 bits per heavy atom. The zero-order chi connectivity index (χ0) is 21.2. The number of hydrogen-bond acceptors (Lipinski definition) is 8. The molecule has 4 aromatic rings. The molecular formula is C20H19N7O3S. The zero-order valence-corrected chi connectivity index (χ0v) is 17.5. The van der Waals surface area contributed by atoms with Crippen molar-refractivity contribution in [3.63, 3.8) is 0 Å². The van der Waals surface area contributed by atoms with E-state index >= 15 is 0 Å². The number of hydrogen-bond donors (Lipinski definition) is 2. The highest BCUT2D eigenvalue weighted by atomic mass is 32.1. The quantitative estimate of drug-likeness (QED) is 0.476. The summed E-state index contributed by atoms with van der Waals surface area (Å²) in [6.07, 6.45) is 11.3. The highest BCUT2D eigenvalue weighted by Gasteiger charge is 2.19. The molecule has 1 amide bonds. The van der Waals surface area contributed by atoms with Crippen LogP contribution in [0.3, 0.4) is 0 Å². The van der Waals surface area contributed by atoms with Crippen molar-refractivity contribution in [3.05, 3.63) is 54.0 Å². The number of thiazole rings is 1. The van der Waals surface area contributed by atoms with Gasteiger partial charge in [-0.15, -0.1) is 0 Å². The van der Waals surface area contributed by atoms with Crippen LogP contribution in [0.25, 0.3) is 15.8 Å². The average Bonchev–Trinajstić information content (AvgIpc) is 3.55. The Morgan fingerprint density at radius 2 is 2.32 bits per heavy atom. The number of rotatable bonds is 6. The van der Waals surface area contributed by atoms with E-state index in [0.29, 0.717) is 41.9 Å². The Bertz CT molecular complexity index is 1260.